The summed E-state index contributed by atoms with van der Waals surface area (Å²) in [7, 11) is 0. The zero-order valence-electron chi connectivity index (χ0n) is 17.9. The molecule has 3 atom stereocenters. The van der Waals surface area contributed by atoms with Crippen molar-refractivity contribution in [3.63, 3.8) is 0 Å². The van der Waals surface area contributed by atoms with Gasteiger partial charge in [0.2, 0.25) is 0 Å². The Morgan fingerprint density at radius 2 is 1.77 bits per heavy atom. The van der Waals surface area contributed by atoms with Crippen LogP contribution in [0.25, 0.3) is 11.1 Å². The van der Waals surface area contributed by atoms with Gasteiger partial charge in [-0.1, -0.05) is 60.8 Å². The standard InChI is InChI=1S/C24H31Cl2NO3/c1-4-5-10-28-23(22-15-29-24(2,3)30-22)21(27)11-16-6-8-17(9-7-16)18-12-19(25)14-20(26)13-18/h6-9,12-14,21-23H,4-5,10-11,15,27H2,1-3H3/t21-,22-,23-/m0/s1. The second kappa shape index (κ2) is 10.4. The van der Waals surface area contributed by atoms with E-state index in [0.717, 1.165) is 29.5 Å². The van der Waals surface area contributed by atoms with Crippen molar-refractivity contribution in [1.29, 1.82) is 0 Å². The van der Waals surface area contributed by atoms with Gasteiger partial charge >= 0.3 is 0 Å². The van der Waals surface area contributed by atoms with Gasteiger partial charge in [-0.2, -0.15) is 0 Å². The minimum Gasteiger partial charge on any atom is -0.374 e. The third-order valence-electron chi connectivity index (χ3n) is 5.25. The van der Waals surface area contributed by atoms with Crippen LogP contribution in [0.2, 0.25) is 10.0 Å². The van der Waals surface area contributed by atoms with Gasteiger partial charge in [-0.25, -0.2) is 0 Å². The normalized spacial score (nSPS) is 20.3. The SMILES string of the molecule is CCCCO[C@H]([C@@H]1COC(C)(C)O1)[C@@H](N)Cc1ccc(-c2cc(Cl)cc(Cl)c2)cc1. The maximum absolute atomic E-state index is 6.59. The van der Waals surface area contributed by atoms with Crippen LogP contribution in [0.15, 0.2) is 42.5 Å². The van der Waals surface area contributed by atoms with E-state index in [4.69, 9.17) is 43.1 Å². The molecule has 1 fully saturated rings. The predicted octanol–water partition coefficient (Wildman–Crippen LogP) is 5.87. The molecular formula is C24H31Cl2NO3. The fraction of sp³-hybridized carbons (Fsp3) is 0.500. The van der Waals surface area contributed by atoms with Gasteiger partial charge in [0.1, 0.15) is 12.2 Å². The van der Waals surface area contributed by atoms with E-state index >= 15 is 0 Å². The number of halogens is 2. The molecule has 0 spiro atoms. The first kappa shape index (κ1) is 23.5. The molecule has 1 aliphatic rings. The molecule has 3 rings (SSSR count). The first-order valence-corrected chi connectivity index (χ1v) is 11.3. The van der Waals surface area contributed by atoms with E-state index in [1.807, 2.05) is 26.0 Å². The number of rotatable bonds is 9. The molecule has 0 radical (unpaired) electrons. The molecule has 2 N–H and O–H groups in total. The van der Waals surface area contributed by atoms with Crippen LogP contribution in [0, 0.1) is 0 Å². The summed E-state index contributed by atoms with van der Waals surface area (Å²) < 4.78 is 17.9. The Morgan fingerprint density at radius 3 is 2.33 bits per heavy atom. The summed E-state index contributed by atoms with van der Waals surface area (Å²) in [5, 5.41) is 1.25. The summed E-state index contributed by atoms with van der Waals surface area (Å²) >= 11 is 12.3. The van der Waals surface area contributed by atoms with E-state index in [2.05, 4.69) is 31.2 Å². The van der Waals surface area contributed by atoms with Crippen molar-refractivity contribution in [2.75, 3.05) is 13.2 Å². The van der Waals surface area contributed by atoms with Crippen molar-refractivity contribution in [3.8, 4) is 11.1 Å². The molecule has 30 heavy (non-hydrogen) atoms. The van der Waals surface area contributed by atoms with Gasteiger partial charge in [-0.15, -0.1) is 0 Å². The summed E-state index contributed by atoms with van der Waals surface area (Å²) in [5.74, 6) is -0.601. The first-order valence-electron chi connectivity index (χ1n) is 10.5. The van der Waals surface area contributed by atoms with Crippen LogP contribution in [0.4, 0.5) is 0 Å². The molecule has 2 aromatic rings. The lowest BCUT2D eigenvalue weighted by atomic mass is 9.96. The third kappa shape index (κ3) is 6.43. The molecule has 1 aliphatic heterocycles. The molecule has 4 nitrogen and oxygen atoms in total. The molecule has 0 aliphatic carbocycles. The number of unbranched alkanes of at least 4 members (excludes halogenated alkanes) is 1. The lowest BCUT2D eigenvalue weighted by Crippen LogP contribution is -2.48. The van der Waals surface area contributed by atoms with E-state index in [0.29, 0.717) is 29.7 Å². The lowest BCUT2D eigenvalue weighted by molar-refractivity contribution is -0.158. The molecular weight excluding hydrogens is 421 g/mol. The van der Waals surface area contributed by atoms with Gasteiger partial charge in [-0.05, 0) is 61.6 Å². The highest BCUT2D eigenvalue weighted by Gasteiger charge is 2.40. The molecule has 164 valence electrons. The van der Waals surface area contributed by atoms with Gasteiger partial charge in [-0.3, -0.25) is 0 Å². The molecule has 0 unspecified atom stereocenters. The maximum Gasteiger partial charge on any atom is 0.163 e. The van der Waals surface area contributed by atoms with Gasteiger partial charge in [0.05, 0.1) is 6.61 Å². The summed E-state index contributed by atoms with van der Waals surface area (Å²) in [5.41, 5.74) is 9.78. The Hall–Kier alpha value is -1.14. The van der Waals surface area contributed by atoms with Crippen LogP contribution >= 0.6 is 23.2 Å². The van der Waals surface area contributed by atoms with Crippen LogP contribution < -0.4 is 5.73 Å². The average Bonchev–Trinajstić information content (AvgIpc) is 3.04. The maximum atomic E-state index is 6.59. The van der Waals surface area contributed by atoms with Gasteiger partial charge in [0.15, 0.2) is 5.79 Å². The van der Waals surface area contributed by atoms with Gasteiger partial charge in [0, 0.05) is 22.7 Å². The van der Waals surface area contributed by atoms with Crippen molar-refractivity contribution >= 4 is 23.2 Å². The summed E-state index contributed by atoms with van der Waals surface area (Å²) in [6.07, 6.45) is 2.37. The van der Waals surface area contributed by atoms with Crippen molar-refractivity contribution in [1.82, 2.24) is 0 Å². The van der Waals surface area contributed by atoms with Crippen LogP contribution in [0.3, 0.4) is 0 Å². The quantitative estimate of drug-likeness (QED) is 0.484. The molecule has 6 heteroatoms. The number of nitrogens with two attached hydrogens (primary N) is 1. The molecule has 0 aromatic heterocycles. The number of benzene rings is 2. The number of ether oxygens (including phenoxy) is 3. The summed E-state index contributed by atoms with van der Waals surface area (Å²) in [6.45, 7) is 7.14. The monoisotopic (exact) mass is 451 g/mol. The predicted molar refractivity (Wildman–Crippen MR) is 123 cm³/mol. The average molecular weight is 452 g/mol. The Kier molecular flexibility index (Phi) is 8.19. The second-order valence-corrected chi connectivity index (χ2v) is 9.15. The fourth-order valence-electron chi connectivity index (χ4n) is 3.69. The van der Waals surface area contributed by atoms with Crippen LogP contribution in [-0.2, 0) is 20.6 Å². The molecule has 0 saturated carbocycles. The molecule has 0 amide bonds. The highest BCUT2D eigenvalue weighted by atomic mass is 35.5. The highest BCUT2D eigenvalue weighted by Crippen LogP contribution is 2.29. The number of hydrogen-bond donors (Lipinski definition) is 1. The Balaban J connectivity index is 1.69. The zero-order valence-corrected chi connectivity index (χ0v) is 19.4. The Morgan fingerprint density at radius 1 is 1.10 bits per heavy atom. The zero-order chi connectivity index (χ0) is 21.7. The van der Waals surface area contributed by atoms with Crippen LogP contribution in [0.1, 0.15) is 39.2 Å². The van der Waals surface area contributed by atoms with Crippen molar-refractivity contribution in [2.45, 2.75) is 64.1 Å². The lowest BCUT2D eigenvalue weighted by Gasteiger charge is -2.29. The van der Waals surface area contributed by atoms with Crippen molar-refractivity contribution < 1.29 is 14.2 Å². The topological polar surface area (TPSA) is 53.7 Å². The summed E-state index contributed by atoms with van der Waals surface area (Å²) in [6, 6.07) is 13.7. The van der Waals surface area contributed by atoms with Crippen LogP contribution in [-0.4, -0.2) is 37.3 Å². The van der Waals surface area contributed by atoms with Crippen molar-refractivity contribution in [2.24, 2.45) is 5.73 Å². The van der Waals surface area contributed by atoms with Crippen LogP contribution in [0.5, 0.6) is 0 Å². The largest absolute Gasteiger partial charge is 0.374 e. The Bertz CT molecular complexity index is 805. The molecule has 1 saturated heterocycles. The third-order valence-corrected chi connectivity index (χ3v) is 5.68. The molecule has 0 bridgehead atoms. The van der Waals surface area contributed by atoms with Gasteiger partial charge < -0.3 is 19.9 Å². The van der Waals surface area contributed by atoms with E-state index in [1.165, 1.54) is 0 Å². The van der Waals surface area contributed by atoms with E-state index in [-0.39, 0.29) is 18.2 Å². The molecule has 2 aromatic carbocycles. The first-order chi connectivity index (χ1) is 14.3. The summed E-state index contributed by atoms with van der Waals surface area (Å²) in [4.78, 5) is 0. The minimum absolute atomic E-state index is 0.167. The molecule has 1 heterocycles. The fourth-order valence-corrected chi connectivity index (χ4v) is 4.22. The van der Waals surface area contributed by atoms with E-state index in [9.17, 15) is 0 Å². The Labute approximate surface area is 189 Å². The van der Waals surface area contributed by atoms with Gasteiger partial charge in [0.25, 0.3) is 0 Å². The second-order valence-electron chi connectivity index (χ2n) is 8.28. The van der Waals surface area contributed by atoms with Crippen molar-refractivity contribution in [3.05, 3.63) is 58.1 Å². The number of hydrogen-bond acceptors (Lipinski definition) is 4. The van der Waals surface area contributed by atoms with E-state index < -0.39 is 5.79 Å². The highest BCUT2D eigenvalue weighted by molar-refractivity contribution is 6.35. The minimum atomic E-state index is -0.601. The smallest absolute Gasteiger partial charge is 0.163 e. The van der Waals surface area contributed by atoms with E-state index in [1.54, 1.807) is 6.07 Å².